The third-order valence-corrected chi connectivity index (χ3v) is 6.87. The number of carbonyl (C=O) groups excluding carboxylic acids is 2. The van der Waals surface area contributed by atoms with E-state index in [9.17, 15) is 22.8 Å². The Hall–Kier alpha value is -3.10. The number of anilines is 1. The first-order valence-corrected chi connectivity index (χ1v) is 12.7. The first kappa shape index (κ1) is 27.9. The van der Waals surface area contributed by atoms with Gasteiger partial charge in [0.2, 0.25) is 5.91 Å². The Morgan fingerprint density at radius 2 is 1.68 bits per heavy atom. The average molecular weight is 567 g/mol. The van der Waals surface area contributed by atoms with Crippen LogP contribution >= 0.6 is 23.2 Å². The Bertz CT molecular complexity index is 1360. The van der Waals surface area contributed by atoms with Gasteiger partial charge in [0.05, 0.1) is 21.3 Å². The van der Waals surface area contributed by atoms with Gasteiger partial charge in [0, 0.05) is 20.0 Å². The second kappa shape index (κ2) is 11.3. The molecule has 10 heteroatoms. The summed E-state index contributed by atoms with van der Waals surface area (Å²) < 4.78 is 54.8. The minimum Gasteiger partial charge on any atom is -0.334 e. The number of rotatable bonds is 8. The molecule has 0 aromatic heterocycles. The molecule has 3 aromatic rings. The van der Waals surface area contributed by atoms with Crippen molar-refractivity contribution < 1.29 is 27.2 Å². The number of hydrogen-bond donors (Lipinski definition) is 1. The van der Waals surface area contributed by atoms with Crippen molar-refractivity contribution >= 4 is 40.7 Å². The standard InChI is InChI=1S/C28H24Cl2F4N2O2/c1-16(37)35-26-23(30)14-22(29)25(31)24(26)27(38)36(15-18-5-7-19(8-6-18)20-9-10-20)12-11-17-3-2-4-21(13-17)28(32,33)34/h2-8,13-14,20H,9-12,15H2,1H3,(H,35,37). The number of carbonyl (C=O) groups is 2. The molecule has 1 saturated carbocycles. The molecule has 0 heterocycles. The quantitative estimate of drug-likeness (QED) is 0.223. The van der Waals surface area contributed by atoms with E-state index in [0.29, 0.717) is 11.5 Å². The summed E-state index contributed by atoms with van der Waals surface area (Å²) >= 11 is 12.2. The molecule has 0 bridgehead atoms. The lowest BCUT2D eigenvalue weighted by molar-refractivity contribution is -0.137. The summed E-state index contributed by atoms with van der Waals surface area (Å²) in [5.41, 5.74) is 0.755. The van der Waals surface area contributed by atoms with E-state index < -0.39 is 40.0 Å². The summed E-state index contributed by atoms with van der Waals surface area (Å²) in [7, 11) is 0. The zero-order valence-electron chi connectivity index (χ0n) is 20.3. The van der Waals surface area contributed by atoms with Gasteiger partial charge in [-0.3, -0.25) is 9.59 Å². The Morgan fingerprint density at radius 1 is 1.00 bits per heavy atom. The lowest BCUT2D eigenvalue weighted by Crippen LogP contribution is -2.34. The zero-order chi connectivity index (χ0) is 27.6. The minimum atomic E-state index is -4.51. The number of benzene rings is 3. The summed E-state index contributed by atoms with van der Waals surface area (Å²) in [6.07, 6.45) is -2.19. The fourth-order valence-corrected chi connectivity index (χ4v) is 4.71. The molecule has 0 saturated heterocycles. The van der Waals surface area contributed by atoms with Crippen LogP contribution in [-0.4, -0.2) is 23.3 Å². The molecule has 4 nitrogen and oxygen atoms in total. The van der Waals surface area contributed by atoms with E-state index in [0.717, 1.165) is 36.6 Å². The van der Waals surface area contributed by atoms with Crippen LogP contribution in [0, 0.1) is 5.82 Å². The third kappa shape index (κ3) is 6.66. The summed E-state index contributed by atoms with van der Waals surface area (Å²) in [6, 6.07) is 13.6. The van der Waals surface area contributed by atoms with Crippen molar-refractivity contribution in [2.45, 2.75) is 44.8 Å². The highest BCUT2D eigenvalue weighted by atomic mass is 35.5. The molecule has 0 spiro atoms. The van der Waals surface area contributed by atoms with Crippen LogP contribution < -0.4 is 5.32 Å². The van der Waals surface area contributed by atoms with Gasteiger partial charge in [-0.1, -0.05) is 65.7 Å². The van der Waals surface area contributed by atoms with Gasteiger partial charge < -0.3 is 10.2 Å². The molecular weight excluding hydrogens is 543 g/mol. The number of alkyl halides is 3. The average Bonchev–Trinajstić information content (AvgIpc) is 3.70. The molecule has 1 fully saturated rings. The largest absolute Gasteiger partial charge is 0.416 e. The maximum atomic E-state index is 15.2. The minimum absolute atomic E-state index is 0.0341. The Kier molecular flexibility index (Phi) is 8.33. The molecule has 0 atom stereocenters. The van der Waals surface area contributed by atoms with Crippen LogP contribution in [0.1, 0.15) is 58.3 Å². The van der Waals surface area contributed by atoms with Crippen molar-refractivity contribution in [3.05, 3.63) is 98.3 Å². The second-order valence-electron chi connectivity index (χ2n) is 9.28. The fourth-order valence-electron chi connectivity index (χ4n) is 4.20. The lowest BCUT2D eigenvalue weighted by atomic mass is 10.0. The van der Waals surface area contributed by atoms with Gasteiger partial charge in [-0.25, -0.2) is 4.39 Å². The van der Waals surface area contributed by atoms with Crippen molar-refractivity contribution in [1.82, 2.24) is 4.90 Å². The lowest BCUT2D eigenvalue weighted by Gasteiger charge is -2.25. The van der Waals surface area contributed by atoms with Crippen LogP contribution in [0.4, 0.5) is 23.2 Å². The van der Waals surface area contributed by atoms with Gasteiger partial charge in [0.15, 0.2) is 5.82 Å². The molecule has 1 aliphatic carbocycles. The third-order valence-electron chi connectivity index (χ3n) is 6.30. The number of nitrogens with one attached hydrogen (secondary N) is 1. The number of nitrogens with zero attached hydrogens (tertiary/aromatic N) is 1. The van der Waals surface area contributed by atoms with E-state index >= 15 is 4.39 Å². The zero-order valence-corrected chi connectivity index (χ0v) is 21.9. The summed E-state index contributed by atoms with van der Waals surface area (Å²) in [6.45, 7) is 1.20. The SMILES string of the molecule is CC(=O)Nc1c(Cl)cc(Cl)c(F)c1C(=O)N(CCc1cccc(C(F)(F)F)c1)Cc1ccc(C2CC2)cc1. The number of amides is 2. The molecule has 2 amide bonds. The van der Waals surface area contributed by atoms with Crippen molar-refractivity contribution in [2.75, 3.05) is 11.9 Å². The van der Waals surface area contributed by atoms with Crippen LogP contribution in [-0.2, 0) is 23.9 Å². The molecule has 200 valence electrons. The summed E-state index contributed by atoms with van der Waals surface area (Å²) in [5.74, 6) is -1.91. The molecule has 1 N–H and O–H groups in total. The van der Waals surface area contributed by atoms with Gasteiger partial charge in [0.25, 0.3) is 5.91 Å². The van der Waals surface area contributed by atoms with E-state index in [1.165, 1.54) is 29.5 Å². The highest BCUT2D eigenvalue weighted by Crippen LogP contribution is 2.40. The first-order valence-electron chi connectivity index (χ1n) is 11.9. The Labute approximate surface area is 227 Å². The predicted octanol–water partition coefficient (Wildman–Crippen LogP) is 7.87. The van der Waals surface area contributed by atoms with Gasteiger partial charge >= 0.3 is 6.18 Å². The molecule has 0 aliphatic heterocycles. The maximum absolute atomic E-state index is 15.2. The van der Waals surface area contributed by atoms with Gasteiger partial charge in [-0.15, -0.1) is 0 Å². The van der Waals surface area contributed by atoms with Gasteiger partial charge in [-0.05, 0) is 54.0 Å². The topological polar surface area (TPSA) is 49.4 Å². The van der Waals surface area contributed by atoms with Crippen molar-refractivity contribution in [1.29, 1.82) is 0 Å². The second-order valence-corrected chi connectivity index (χ2v) is 10.1. The van der Waals surface area contributed by atoms with E-state index in [4.69, 9.17) is 23.2 Å². The highest BCUT2D eigenvalue weighted by molar-refractivity contribution is 6.38. The maximum Gasteiger partial charge on any atom is 0.416 e. The first-order chi connectivity index (χ1) is 17.9. The number of halogens is 6. The van der Waals surface area contributed by atoms with Gasteiger partial charge in [-0.2, -0.15) is 13.2 Å². The Morgan fingerprint density at radius 3 is 2.29 bits per heavy atom. The smallest absolute Gasteiger partial charge is 0.334 e. The molecule has 4 rings (SSSR count). The van der Waals surface area contributed by atoms with Crippen LogP contribution in [0.15, 0.2) is 54.6 Å². The molecule has 38 heavy (non-hydrogen) atoms. The van der Waals surface area contributed by atoms with E-state index in [1.807, 2.05) is 24.3 Å². The van der Waals surface area contributed by atoms with E-state index in [-0.39, 0.29) is 30.2 Å². The van der Waals surface area contributed by atoms with Crippen LogP contribution in [0.2, 0.25) is 10.0 Å². The number of hydrogen-bond acceptors (Lipinski definition) is 2. The van der Waals surface area contributed by atoms with Crippen LogP contribution in [0.25, 0.3) is 0 Å². The highest BCUT2D eigenvalue weighted by Gasteiger charge is 2.31. The van der Waals surface area contributed by atoms with Crippen LogP contribution in [0.3, 0.4) is 0 Å². The normalized spacial score (nSPS) is 13.3. The molecule has 0 unspecified atom stereocenters. The molecule has 3 aromatic carbocycles. The van der Waals surface area contributed by atoms with Crippen molar-refractivity contribution in [3.8, 4) is 0 Å². The molecular formula is C28H24Cl2F4N2O2. The predicted molar refractivity (Wildman–Crippen MR) is 139 cm³/mol. The van der Waals surface area contributed by atoms with Gasteiger partial charge in [0.1, 0.15) is 5.56 Å². The van der Waals surface area contributed by atoms with E-state index in [1.54, 1.807) is 0 Å². The van der Waals surface area contributed by atoms with Crippen molar-refractivity contribution in [2.24, 2.45) is 0 Å². The molecule has 0 radical (unpaired) electrons. The van der Waals surface area contributed by atoms with Crippen LogP contribution in [0.5, 0.6) is 0 Å². The summed E-state index contributed by atoms with van der Waals surface area (Å²) in [4.78, 5) is 26.8. The Balaban J connectivity index is 1.68. The fraction of sp³-hybridized carbons (Fsp3) is 0.286. The molecule has 1 aliphatic rings. The van der Waals surface area contributed by atoms with E-state index in [2.05, 4.69) is 5.32 Å². The summed E-state index contributed by atoms with van der Waals surface area (Å²) in [5, 5.41) is 1.86. The monoisotopic (exact) mass is 566 g/mol. The van der Waals surface area contributed by atoms with Crippen molar-refractivity contribution in [3.63, 3.8) is 0 Å².